The zero-order valence-electron chi connectivity index (χ0n) is 10.2. The van der Waals surface area contributed by atoms with E-state index in [-0.39, 0.29) is 6.04 Å². The van der Waals surface area contributed by atoms with Crippen LogP contribution >= 0.6 is 27.3 Å². The van der Waals surface area contributed by atoms with E-state index in [1.54, 1.807) is 11.3 Å². The second-order valence-electron chi connectivity index (χ2n) is 4.59. The molecule has 0 radical (unpaired) electrons. The van der Waals surface area contributed by atoms with Crippen molar-refractivity contribution in [2.75, 3.05) is 0 Å². The number of nitrogens with zero attached hydrogens (tertiary/aromatic N) is 1. The van der Waals surface area contributed by atoms with E-state index in [0.29, 0.717) is 17.8 Å². The molecule has 0 saturated carbocycles. The van der Waals surface area contributed by atoms with Crippen molar-refractivity contribution in [2.24, 2.45) is 11.7 Å². The Kier molecular flexibility index (Phi) is 3.80. The van der Waals surface area contributed by atoms with Gasteiger partial charge in [-0.25, -0.2) is 0 Å². The van der Waals surface area contributed by atoms with Gasteiger partial charge in [0.05, 0.1) is 3.79 Å². The molecular weight excluding hydrogens is 300 g/mol. The number of halogens is 1. The summed E-state index contributed by atoms with van der Waals surface area (Å²) in [6.07, 6.45) is 1.97. The Morgan fingerprint density at radius 1 is 1.41 bits per heavy atom. The van der Waals surface area contributed by atoms with E-state index in [1.807, 2.05) is 11.1 Å². The normalized spacial score (nSPS) is 22.6. The maximum atomic E-state index is 5.79. The minimum absolute atomic E-state index is 0.128. The molecule has 0 aliphatic carbocycles. The van der Waals surface area contributed by atoms with Gasteiger partial charge in [-0.2, -0.15) is 0 Å². The lowest BCUT2D eigenvalue weighted by molar-refractivity contribution is -0.157. The lowest BCUT2D eigenvalue weighted by Crippen LogP contribution is -2.36. The van der Waals surface area contributed by atoms with Gasteiger partial charge in [-0.15, -0.1) is 16.4 Å². The van der Waals surface area contributed by atoms with Crippen LogP contribution < -0.4 is 5.73 Å². The SMILES string of the molecule is CC(C)C(C)N1OC(N)=CC1c1ccc(Br)s1. The van der Waals surface area contributed by atoms with Crippen LogP contribution in [-0.2, 0) is 4.84 Å². The van der Waals surface area contributed by atoms with Gasteiger partial charge in [-0.05, 0) is 40.9 Å². The molecule has 2 rings (SSSR count). The Bertz CT molecular complexity index is 430. The topological polar surface area (TPSA) is 38.5 Å². The maximum absolute atomic E-state index is 5.79. The van der Waals surface area contributed by atoms with Gasteiger partial charge in [0.25, 0.3) is 0 Å². The summed E-state index contributed by atoms with van der Waals surface area (Å²) in [5, 5.41) is 1.98. The summed E-state index contributed by atoms with van der Waals surface area (Å²) >= 11 is 5.20. The maximum Gasteiger partial charge on any atom is 0.207 e. The number of rotatable bonds is 3. The van der Waals surface area contributed by atoms with Crippen LogP contribution in [0.15, 0.2) is 27.9 Å². The number of thiophene rings is 1. The lowest BCUT2D eigenvalue weighted by atomic mass is 10.0. The first-order chi connectivity index (χ1) is 7.99. The molecule has 2 unspecified atom stereocenters. The summed E-state index contributed by atoms with van der Waals surface area (Å²) < 4.78 is 1.13. The molecule has 1 aliphatic heterocycles. The molecular formula is C12H17BrN2OS. The summed E-state index contributed by atoms with van der Waals surface area (Å²) in [7, 11) is 0. The molecule has 0 saturated heterocycles. The Labute approximate surface area is 114 Å². The van der Waals surface area contributed by atoms with Gasteiger partial charge in [0.1, 0.15) is 6.04 Å². The highest BCUT2D eigenvalue weighted by Crippen LogP contribution is 2.37. The molecule has 17 heavy (non-hydrogen) atoms. The second kappa shape index (κ2) is 5.00. The molecule has 2 N–H and O–H groups in total. The van der Waals surface area contributed by atoms with E-state index in [0.717, 1.165) is 3.79 Å². The highest BCUT2D eigenvalue weighted by Gasteiger charge is 2.33. The van der Waals surface area contributed by atoms with Crippen molar-refractivity contribution in [3.63, 3.8) is 0 Å². The molecule has 5 heteroatoms. The van der Waals surface area contributed by atoms with Crippen LogP contribution in [0.4, 0.5) is 0 Å². The Balaban J connectivity index is 2.24. The number of hydrogen-bond donors (Lipinski definition) is 1. The van der Waals surface area contributed by atoms with Crippen molar-refractivity contribution in [1.82, 2.24) is 5.06 Å². The molecule has 2 atom stereocenters. The van der Waals surface area contributed by atoms with E-state index in [2.05, 4.69) is 48.8 Å². The quantitative estimate of drug-likeness (QED) is 0.925. The Morgan fingerprint density at radius 2 is 2.12 bits per heavy atom. The zero-order chi connectivity index (χ0) is 12.6. The molecule has 0 aromatic carbocycles. The van der Waals surface area contributed by atoms with Crippen LogP contribution in [0.2, 0.25) is 0 Å². The molecule has 0 spiro atoms. The van der Waals surface area contributed by atoms with Gasteiger partial charge in [0.15, 0.2) is 0 Å². The third-order valence-electron chi connectivity index (χ3n) is 3.06. The monoisotopic (exact) mass is 316 g/mol. The Hall–Kier alpha value is -0.520. The van der Waals surface area contributed by atoms with Gasteiger partial charge >= 0.3 is 0 Å². The van der Waals surface area contributed by atoms with Gasteiger partial charge in [-0.3, -0.25) is 0 Å². The van der Waals surface area contributed by atoms with Crippen LogP contribution in [0.25, 0.3) is 0 Å². The van der Waals surface area contributed by atoms with Crippen molar-refractivity contribution in [1.29, 1.82) is 0 Å². The van der Waals surface area contributed by atoms with E-state index < -0.39 is 0 Å². The standard InChI is InChI=1S/C12H17BrN2OS/c1-7(2)8(3)15-9(6-12(14)16-15)10-4-5-11(13)17-10/h4-9H,14H2,1-3H3. The molecule has 94 valence electrons. The van der Waals surface area contributed by atoms with E-state index >= 15 is 0 Å². The highest BCUT2D eigenvalue weighted by atomic mass is 79.9. The second-order valence-corrected chi connectivity index (χ2v) is 7.09. The molecule has 0 fully saturated rings. The minimum atomic E-state index is 0.128. The zero-order valence-corrected chi connectivity index (χ0v) is 12.6. The summed E-state index contributed by atoms with van der Waals surface area (Å²) in [6.45, 7) is 6.53. The minimum Gasteiger partial charge on any atom is -0.387 e. The third kappa shape index (κ3) is 2.67. The third-order valence-corrected chi connectivity index (χ3v) is 4.75. The molecule has 0 amide bonds. The largest absolute Gasteiger partial charge is 0.387 e. The molecule has 1 aliphatic rings. The van der Waals surface area contributed by atoms with E-state index in [1.165, 1.54) is 4.88 Å². The number of hydroxylamine groups is 2. The predicted octanol–water partition coefficient (Wildman–Crippen LogP) is 3.64. The smallest absolute Gasteiger partial charge is 0.207 e. The van der Waals surface area contributed by atoms with E-state index in [9.17, 15) is 0 Å². The first-order valence-corrected chi connectivity index (χ1v) is 7.29. The van der Waals surface area contributed by atoms with Gasteiger partial charge in [-0.1, -0.05) is 13.8 Å². The van der Waals surface area contributed by atoms with Crippen molar-refractivity contribution in [3.8, 4) is 0 Å². The lowest BCUT2D eigenvalue weighted by Gasteiger charge is -2.30. The fourth-order valence-corrected chi connectivity index (χ4v) is 3.25. The summed E-state index contributed by atoms with van der Waals surface area (Å²) in [5.41, 5.74) is 5.79. The molecule has 1 aromatic rings. The average Bonchev–Trinajstić information content (AvgIpc) is 2.83. The average molecular weight is 317 g/mol. The van der Waals surface area contributed by atoms with Gasteiger partial charge in [0.2, 0.25) is 5.88 Å². The van der Waals surface area contributed by atoms with Gasteiger partial charge < -0.3 is 10.6 Å². The first-order valence-electron chi connectivity index (χ1n) is 5.68. The van der Waals surface area contributed by atoms with E-state index in [4.69, 9.17) is 10.6 Å². The number of nitrogens with two attached hydrogens (primary N) is 1. The van der Waals surface area contributed by atoms with Crippen LogP contribution in [0.3, 0.4) is 0 Å². The van der Waals surface area contributed by atoms with Crippen molar-refractivity contribution >= 4 is 27.3 Å². The van der Waals surface area contributed by atoms with Crippen LogP contribution in [0, 0.1) is 5.92 Å². The molecule has 2 heterocycles. The summed E-state index contributed by atoms with van der Waals surface area (Å²) in [6, 6.07) is 4.61. The fourth-order valence-electron chi connectivity index (χ4n) is 1.76. The summed E-state index contributed by atoms with van der Waals surface area (Å²) in [5.74, 6) is 1.01. The number of hydrogen-bond acceptors (Lipinski definition) is 4. The van der Waals surface area contributed by atoms with Gasteiger partial charge in [0, 0.05) is 17.0 Å². The van der Waals surface area contributed by atoms with Crippen molar-refractivity contribution in [2.45, 2.75) is 32.9 Å². The van der Waals surface area contributed by atoms with Crippen LogP contribution in [0.5, 0.6) is 0 Å². The van der Waals surface area contributed by atoms with Crippen molar-refractivity contribution < 1.29 is 4.84 Å². The first kappa shape index (κ1) is 12.9. The van der Waals surface area contributed by atoms with Crippen LogP contribution in [-0.4, -0.2) is 11.1 Å². The summed E-state index contributed by atoms with van der Waals surface area (Å²) in [4.78, 5) is 6.86. The predicted molar refractivity (Wildman–Crippen MR) is 74.3 cm³/mol. The van der Waals surface area contributed by atoms with Crippen LogP contribution in [0.1, 0.15) is 31.7 Å². The molecule has 3 nitrogen and oxygen atoms in total. The fraction of sp³-hybridized carbons (Fsp3) is 0.500. The Morgan fingerprint density at radius 3 is 2.65 bits per heavy atom. The highest BCUT2D eigenvalue weighted by molar-refractivity contribution is 9.11. The molecule has 0 bridgehead atoms. The van der Waals surface area contributed by atoms with Crippen molar-refractivity contribution in [3.05, 3.63) is 32.8 Å². The molecule has 1 aromatic heterocycles.